The molecule has 0 saturated carbocycles. The lowest BCUT2D eigenvalue weighted by molar-refractivity contribution is 0.116. The molecular formula is C30H42N8O2. The molecule has 0 radical (unpaired) electrons. The van der Waals surface area contributed by atoms with Crippen LogP contribution in [-0.2, 0) is 16.7 Å². The topological polar surface area (TPSA) is 124 Å². The summed E-state index contributed by atoms with van der Waals surface area (Å²) in [5.41, 5.74) is 4.29. The summed E-state index contributed by atoms with van der Waals surface area (Å²) < 4.78 is 7.25. The molecule has 3 N–H and O–H groups in total. The molecule has 0 unspecified atom stereocenters. The summed E-state index contributed by atoms with van der Waals surface area (Å²) in [7, 11) is 1.75. The van der Waals surface area contributed by atoms with E-state index >= 15 is 0 Å². The van der Waals surface area contributed by atoms with Crippen molar-refractivity contribution in [1.29, 1.82) is 5.26 Å². The average molecular weight is 547 g/mol. The number of nitrogens with one attached hydrogen (secondary N) is 2. The van der Waals surface area contributed by atoms with Gasteiger partial charge in [-0.05, 0) is 62.5 Å². The van der Waals surface area contributed by atoms with E-state index in [0.29, 0.717) is 29.7 Å². The van der Waals surface area contributed by atoms with E-state index in [4.69, 9.17) is 14.8 Å². The number of piperidine rings is 1. The minimum atomic E-state index is -0.449. The Balaban J connectivity index is 0.00000181. The third kappa shape index (κ3) is 6.44. The second-order valence-electron chi connectivity index (χ2n) is 10.7. The minimum Gasteiger partial charge on any atom is -0.395 e. The number of likely N-dealkylation sites (tertiary alicyclic amines) is 1. The lowest BCUT2D eigenvalue weighted by Crippen LogP contribution is -2.37. The van der Waals surface area contributed by atoms with E-state index in [9.17, 15) is 10.4 Å². The summed E-state index contributed by atoms with van der Waals surface area (Å²) in [5, 5.41) is 31.2. The second-order valence-corrected chi connectivity index (χ2v) is 10.7. The van der Waals surface area contributed by atoms with Crippen molar-refractivity contribution in [2.75, 3.05) is 57.1 Å². The van der Waals surface area contributed by atoms with Crippen molar-refractivity contribution in [1.82, 2.24) is 24.6 Å². The fourth-order valence-electron chi connectivity index (χ4n) is 5.40. The van der Waals surface area contributed by atoms with Crippen LogP contribution in [0.2, 0.25) is 0 Å². The van der Waals surface area contributed by atoms with Crippen LogP contribution in [0.3, 0.4) is 0 Å². The molecule has 1 atom stereocenters. The van der Waals surface area contributed by atoms with Crippen LogP contribution in [0.15, 0.2) is 30.5 Å². The van der Waals surface area contributed by atoms with Crippen LogP contribution in [0.5, 0.6) is 0 Å². The highest BCUT2D eigenvalue weighted by Crippen LogP contribution is 2.41. The van der Waals surface area contributed by atoms with Gasteiger partial charge in [-0.15, -0.1) is 0 Å². The van der Waals surface area contributed by atoms with Gasteiger partial charge in [0.25, 0.3) is 0 Å². The number of aryl methyl sites for hydroxylation is 1. The lowest BCUT2D eigenvalue weighted by Gasteiger charge is -2.31. The van der Waals surface area contributed by atoms with Gasteiger partial charge in [0.15, 0.2) is 0 Å². The van der Waals surface area contributed by atoms with Crippen molar-refractivity contribution in [2.24, 2.45) is 5.92 Å². The fraction of sp³-hybridized carbons (Fsp3) is 0.533. The number of anilines is 3. The smallest absolute Gasteiger partial charge is 0.228 e. The number of benzene rings is 1. The number of hydrogen-bond donors (Lipinski definition) is 3. The van der Waals surface area contributed by atoms with Gasteiger partial charge in [-0.25, -0.2) is 14.6 Å². The Bertz CT molecular complexity index is 1330. The van der Waals surface area contributed by atoms with Crippen molar-refractivity contribution in [3.8, 4) is 17.3 Å². The molecule has 1 saturated heterocycles. The molecular weight excluding hydrogens is 504 g/mol. The van der Waals surface area contributed by atoms with E-state index in [-0.39, 0.29) is 6.61 Å². The summed E-state index contributed by atoms with van der Waals surface area (Å²) in [5.74, 6) is 1.90. The van der Waals surface area contributed by atoms with Crippen molar-refractivity contribution in [3.63, 3.8) is 0 Å². The van der Waals surface area contributed by atoms with Crippen LogP contribution < -0.4 is 10.6 Å². The standard InChI is InChI=1S/C28H36N8O2.C2H6/c1-19-12-25(36(34-19)16-20-5-8-35(9-6-20)10-11-38-3)33-27-30-7-4-24(32-27)21-13-22(15-29)26-23(14-21)28(2,18-37)17-31-26;1-2/h4,7,12-14,20,31,37H,5-6,8-11,16-18H2,1-3H3,(H,30,32,33);1-2H3/t28-;/m1./s1. The first-order chi connectivity index (χ1) is 19.4. The lowest BCUT2D eigenvalue weighted by atomic mass is 9.83. The van der Waals surface area contributed by atoms with E-state index < -0.39 is 5.41 Å². The van der Waals surface area contributed by atoms with Crippen LogP contribution >= 0.6 is 0 Å². The molecule has 40 heavy (non-hydrogen) atoms. The summed E-state index contributed by atoms with van der Waals surface area (Å²) in [4.78, 5) is 11.7. The maximum Gasteiger partial charge on any atom is 0.228 e. The van der Waals surface area contributed by atoms with Gasteiger partial charge in [-0.3, -0.25) is 0 Å². The summed E-state index contributed by atoms with van der Waals surface area (Å²) >= 11 is 0. The average Bonchev–Trinajstić information content (AvgIpc) is 3.51. The number of aliphatic hydroxyl groups is 1. The fourth-order valence-corrected chi connectivity index (χ4v) is 5.40. The molecule has 10 nitrogen and oxygen atoms in total. The maximum absolute atomic E-state index is 10.0. The first-order valence-corrected chi connectivity index (χ1v) is 14.2. The van der Waals surface area contributed by atoms with Gasteiger partial charge in [-0.1, -0.05) is 20.8 Å². The molecule has 4 heterocycles. The monoisotopic (exact) mass is 546 g/mol. The van der Waals surface area contributed by atoms with Gasteiger partial charge in [0.2, 0.25) is 5.95 Å². The molecule has 2 aromatic heterocycles. The van der Waals surface area contributed by atoms with Gasteiger partial charge >= 0.3 is 0 Å². The van der Waals surface area contributed by atoms with Crippen molar-refractivity contribution < 1.29 is 9.84 Å². The first kappa shape index (κ1) is 29.5. The number of nitriles is 1. The SMILES string of the molecule is CC.COCCN1CCC(Cn2nc(C)cc2Nc2nccc(-c3cc(C#N)c4c(c3)[C@@](C)(CO)CN4)n2)CC1. The molecule has 0 aliphatic carbocycles. The zero-order valence-electron chi connectivity index (χ0n) is 24.4. The molecule has 2 aliphatic heterocycles. The Kier molecular flexibility index (Phi) is 9.74. The predicted molar refractivity (Wildman–Crippen MR) is 158 cm³/mol. The molecule has 1 aromatic carbocycles. The van der Waals surface area contributed by atoms with E-state index in [0.717, 1.165) is 74.0 Å². The molecule has 0 bridgehead atoms. The highest BCUT2D eigenvalue weighted by Gasteiger charge is 2.36. The number of aliphatic hydroxyl groups excluding tert-OH is 1. The Hall–Kier alpha value is -3.52. The Morgan fingerprint density at radius 1 is 1.25 bits per heavy atom. The number of ether oxygens (including phenoxy) is 1. The highest BCUT2D eigenvalue weighted by molar-refractivity contribution is 5.76. The first-order valence-electron chi connectivity index (χ1n) is 14.2. The molecule has 0 spiro atoms. The van der Waals surface area contributed by atoms with Crippen LogP contribution in [0.4, 0.5) is 17.5 Å². The van der Waals surface area contributed by atoms with E-state index in [1.807, 2.05) is 56.6 Å². The van der Waals surface area contributed by atoms with Crippen molar-refractivity contribution in [3.05, 3.63) is 47.3 Å². The van der Waals surface area contributed by atoms with Crippen LogP contribution in [0, 0.1) is 24.2 Å². The number of nitrogens with zero attached hydrogens (tertiary/aromatic N) is 6. The van der Waals surface area contributed by atoms with Crippen LogP contribution in [0.25, 0.3) is 11.3 Å². The van der Waals surface area contributed by atoms with Gasteiger partial charge in [0.1, 0.15) is 11.9 Å². The van der Waals surface area contributed by atoms with E-state index in [2.05, 4.69) is 26.6 Å². The van der Waals surface area contributed by atoms with Gasteiger partial charge in [-0.2, -0.15) is 10.4 Å². The van der Waals surface area contributed by atoms with Crippen LogP contribution in [0.1, 0.15) is 50.4 Å². The number of fused-ring (bicyclic) bond motifs is 1. The number of hydrogen-bond acceptors (Lipinski definition) is 9. The predicted octanol–water partition coefficient (Wildman–Crippen LogP) is 4.32. The van der Waals surface area contributed by atoms with Gasteiger partial charge < -0.3 is 25.4 Å². The third-order valence-electron chi connectivity index (χ3n) is 7.76. The number of rotatable bonds is 9. The summed E-state index contributed by atoms with van der Waals surface area (Å²) in [6.45, 7) is 13.3. The second kappa shape index (κ2) is 13.2. The molecule has 10 heteroatoms. The largest absolute Gasteiger partial charge is 0.395 e. The van der Waals surface area contributed by atoms with Crippen molar-refractivity contribution >= 4 is 17.5 Å². The zero-order chi connectivity index (χ0) is 28.7. The highest BCUT2D eigenvalue weighted by atomic mass is 16.5. The van der Waals surface area contributed by atoms with Crippen LogP contribution in [-0.4, -0.2) is 76.3 Å². The third-order valence-corrected chi connectivity index (χ3v) is 7.76. The minimum absolute atomic E-state index is 0.00653. The normalized spacial score (nSPS) is 18.8. The van der Waals surface area contributed by atoms with E-state index in [1.54, 1.807) is 13.3 Å². The Labute approximate surface area is 237 Å². The molecule has 3 aromatic rings. The molecule has 5 rings (SSSR count). The number of methoxy groups -OCH3 is 1. The molecule has 2 aliphatic rings. The molecule has 0 amide bonds. The summed E-state index contributed by atoms with van der Waals surface area (Å²) in [6, 6.07) is 10.0. The maximum atomic E-state index is 10.0. The zero-order valence-corrected chi connectivity index (χ0v) is 24.4. The van der Waals surface area contributed by atoms with Crippen molar-refractivity contribution in [2.45, 2.75) is 52.5 Å². The molecule has 1 fully saturated rings. The van der Waals surface area contributed by atoms with Gasteiger partial charge in [0, 0.05) is 50.0 Å². The number of aromatic nitrogens is 4. The molecule has 214 valence electrons. The quantitative estimate of drug-likeness (QED) is 0.360. The Morgan fingerprint density at radius 3 is 2.73 bits per heavy atom. The Morgan fingerprint density at radius 2 is 2.02 bits per heavy atom. The van der Waals surface area contributed by atoms with Gasteiger partial charge in [0.05, 0.1) is 35.9 Å². The summed E-state index contributed by atoms with van der Waals surface area (Å²) in [6.07, 6.45) is 3.99. The van der Waals surface area contributed by atoms with E-state index in [1.165, 1.54) is 0 Å².